The molecule has 0 aliphatic rings. The number of aromatic nitrogens is 1. The Morgan fingerprint density at radius 3 is 2.19 bits per heavy atom. The van der Waals surface area contributed by atoms with Crippen molar-refractivity contribution in [3.05, 3.63) is 95.6 Å². The second-order valence-electron chi connectivity index (χ2n) is 5.58. The van der Waals surface area contributed by atoms with Crippen LogP contribution in [0.25, 0.3) is 10.2 Å². The fraction of sp³-hybridized carbons (Fsp3) is 0. The van der Waals surface area contributed by atoms with Gasteiger partial charge in [0.2, 0.25) is 5.12 Å². The predicted octanol–water partition coefficient (Wildman–Crippen LogP) is 5.46. The molecule has 0 amide bonds. The summed E-state index contributed by atoms with van der Waals surface area (Å²) >= 11 is 2.54. The summed E-state index contributed by atoms with van der Waals surface area (Å²) in [5.41, 5.74) is 2.27. The van der Waals surface area contributed by atoms with Crippen LogP contribution in [-0.4, -0.2) is 15.9 Å². The molecule has 0 aliphatic heterocycles. The number of nitrogens with zero attached hydrogens (tertiary/aromatic N) is 1. The minimum absolute atomic E-state index is 0.153. The number of rotatable bonds is 4. The van der Waals surface area contributed by atoms with Crippen molar-refractivity contribution in [3.63, 3.8) is 0 Å². The maximum atomic E-state index is 12.8. The Hall–Kier alpha value is -2.76. The van der Waals surface area contributed by atoms with Gasteiger partial charge in [0.15, 0.2) is 10.1 Å². The van der Waals surface area contributed by atoms with Crippen molar-refractivity contribution in [3.8, 4) is 0 Å². The summed E-state index contributed by atoms with van der Waals surface area (Å²) in [5, 5.41) is -0.177. The maximum Gasteiger partial charge on any atom is 0.227 e. The van der Waals surface area contributed by atoms with Gasteiger partial charge in [0.05, 0.1) is 10.2 Å². The lowest BCUT2D eigenvalue weighted by Crippen LogP contribution is -2.08. The number of benzene rings is 3. The van der Waals surface area contributed by atoms with E-state index in [1.165, 1.54) is 11.3 Å². The molecule has 3 aromatic carbocycles. The number of fused-ring (bicyclic) bond motifs is 1. The van der Waals surface area contributed by atoms with Gasteiger partial charge in [0, 0.05) is 16.7 Å². The molecule has 126 valence electrons. The van der Waals surface area contributed by atoms with Crippen LogP contribution in [0.4, 0.5) is 0 Å². The maximum absolute atomic E-state index is 12.8. The largest absolute Gasteiger partial charge is 0.289 e. The highest BCUT2D eigenvalue weighted by atomic mass is 32.2. The lowest BCUT2D eigenvalue weighted by molar-refractivity contribution is 0.102. The highest BCUT2D eigenvalue weighted by molar-refractivity contribution is 8.15. The SMILES string of the molecule is O=C(Sc1nc2ccccc2s1)c1ccccc1C(=O)c1ccccc1. The van der Waals surface area contributed by atoms with E-state index in [0.717, 1.165) is 22.0 Å². The molecule has 0 fully saturated rings. The smallest absolute Gasteiger partial charge is 0.227 e. The van der Waals surface area contributed by atoms with E-state index in [1.54, 1.807) is 36.4 Å². The average Bonchev–Trinajstić information content (AvgIpc) is 3.10. The monoisotopic (exact) mass is 375 g/mol. The van der Waals surface area contributed by atoms with Gasteiger partial charge in [-0.15, -0.1) is 11.3 Å². The number of para-hydroxylation sites is 1. The van der Waals surface area contributed by atoms with E-state index in [0.29, 0.717) is 21.0 Å². The summed E-state index contributed by atoms with van der Waals surface area (Å²) in [4.78, 5) is 30.1. The highest BCUT2D eigenvalue weighted by Gasteiger charge is 2.20. The van der Waals surface area contributed by atoms with E-state index in [-0.39, 0.29) is 10.9 Å². The Kier molecular flexibility index (Phi) is 4.65. The third-order valence-corrected chi connectivity index (χ3v) is 5.88. The zero-order chi connectivity index (χ0) is 17.9. The Balaban J connectivity index is 1.65. The summed E-state index contributed by atoms with van der Waals surface area (Å²) < 4.78 is 1.72. The molecule has 1 aromatic heterocycles. The first kappa shape index (κ1) is 16.7. The Bertz CT molecular complexity index is 1070. The van der Waals surface area contributed by atoms with E-state index < -0.39 is 0 Å². The third kappa shape index (κ3) is 3.31. The van der Waals surface area contributed by atoms with Gasteiger partial charge in [-0.1, -0.05) is 60.7 Å². The minimum atomic E-state index is -0.177. The van der Waals surface area contributed by atoms with Crippen molar-refractivity contribution in [1.82, 2.24) is 4.98 Å². The summed E-state index contributed by atoms with van der Waals surface area (Å²) in [7, 11) is 0. The Labute approximate surface area is 158 Å². The van der Waals surface area contributed by atoms with Gasteiger partial charge in [-0.3, -0.25) is 9.59 Å². The summed E-state index contributed by atoms with van der Waals surface area (Å²) in [6.07, 6.45) is 0. The van der Waals surface area contributed by atoms with Gasteiger partial charge in [-0.25, -0.2) is 4.98 Å². The predicted molar refractivity (Wildman–Crippen MR) is 106 cm³/mol. The van der Waals surface area contributed by atoms with Gasteiger partial charge in [0.1, 0.15) is 0 Å². The van der Waals surface area contributed by atoms with Crippen LogP contribution < -0.4 is 0 Å². The highest BCUT2D eigenvalue weighted by Crippen LogP contribution is 2.32. The van der Waals surface area contributed by atoms with Gasteiger partial charge >= 0.3 is 0 Å². The molecule has 0 radical (unpaired) electrons. The number of thioether (sulfide) groups is 1. The van der Waals surface area contributed by atoms with Crippen LogP contribution in [0, 0.1) is 0 Å². The first-order chi connectivity index (χ1) is 12.7. The molecule has 0 spiro atoms. The van der Waals surface area contributed by atoms with E-state index in [1.807, 2.05) is 42.5 Å². The summed E-state index contributed by atoms with van der Waals surface area (Å²) in [5.74, 6) is -0.153. The number of thiazole rings is 1. The molecular weight excluding hydrogens is 362 g/mol. The van der Waals surface area contributed by atoms with Crippen LogP contribution in [0.5, 0.6) is 0 Å². The van der Waals surface area contributed by atoms with Gasteiger partial charge in [0.25, 0.3) is 0 Å². The lowest BCUT2D eigenvalue weighted by Gasteiger charge is -2.07. The molecule has 0 aliphatic carbocycles. The molecule has 26 heavy (non-hydrogen) atoms. The third-order valence-electron chi connectivity index (χ3n) is 3.88. The lowest BCUT2D eigenvalue weighted by atomic mass is 9.99. The van der Waals surface area contributed by atoms with Crippen molar-refractivity contribution in [1.29, 1.82) is 0 Å². The van der Waals surface area contributed by atoms with Crippen LogP contribution in [0.15, 0.2) is 83.2 Å². The van der Waals surface area contributed by atoms with Crippen molar-refractivity contribution in [2.75, 3.05) is 0 Å². The summed E-state index contributed by atoms with van der Waals surface area (Å²) in [6, 6.07) is 23.7. The van der Waals surface area contributed by atoms with Crippen LogP contribution >= 0.6 is 23.1 Å². The fourth-order valence-corrected chi connectivity index (χ4v) is 4.58. The second kappa shape index (κ2) is 7.23. The average molecular weight is 375 g/mol. The zero-order valence-electron chi connectivity index (χ0n) is 13.6. The first-order valence-corrected chi connectivity index (χ1v) is 9.62. The van der Waals surface area contributed by atoms with E-state index >= 15 is 0 Å². The molecule has 1 heterocycles. The van der Waals surface area contributed by atoms with Crippen LogP contribution in [0.2, 0.25) is 0 Å². The van der Waals surface area contributed by atoms with E-state index in [4.69, 9.17) is 0 Å². The second-order valence-corrected chi connectivity index (χ2v) is 7.83. The van der Waals surface area contributed by atoms with Crippen molar-refractivity contribution in [2.24, 2.45) is 0 Å². The molecule has 0 unspecified atom stereocenters. The Morgan fingerprint density at radius 2 is 1.42 bits per heavy atom. The van der Waals surface area contributed by atoms with E-state index in [2.05, 4.69) is 4.98 Å². The molecule has 0 N–H and O–H groups in total. The number of carbonyl (C=O) groups is 2. The molecule has 3 nitrogen and oxygen atoms in total. The van der Waals surface area contributed by atoms with Crippen LogP contribution in [0.3, 0.4) is 0 Å². The zero-order valence-corrected chi connectivity index (χ0v) is 15.2. The molecule has 0 saturated carbocycles. The first-order valence-electron chi connectivity index (χ1n) is 7.99. The number of carbonyl (C=O) groups excluding carboxylic acids is 2. The molecule has 5 heteroatoms. The number of hydrogen-bond donors (Lipinski definition) is 0. The van der Waals surface area contributed by atoms with E-state index in [9.17, 15) is 9.59 Å². The van der Waals surface area contributed by atoms with Crippen LogP contribution in [0.1, 0.15) is 26.3 Å². The van der Waals surface area contributed by atoms with Crippen molar-refractivity contribution < 1.29 is 9.59 Å². The normalized spacial score (nSPS) is 10.8. The molecule has 4 aromatic rings. The molecule has 0 atom stereocenters. The minimum Gasteiger partial charge on any atom is -0.289 e. The molecule has 4 rings (SSSR count). The van der Waals surface area contributed by atoms with Crippen molar-refractivity contribution >= 4 is 44.2 Å². The fourth-order valence-electron chi connectivity index (χ4n) is 2.63. The van der Waals surface area contributed by atoms with Gasteiger partial charge in [-0.2, -0.15) is 0 Å². The topological polar surface area (TPSA) is 47.0 Å². The molecular formula is C21H13NO2S2. The summed E-state index contributed by atoms with van der Waals surface area (Å²) in [6.45, 7) is 0. The molecule has 0 saturated heterocycles. The standard InChI is InChI=1S/C21H13NO2S2/c23-19(14-8-2-1-3-9-14)15-10-4-5-11-16(15)20(24)26-21-22-17-12-6-7-13-18(17)25-21/h1-13H. The number of hydrogen-bond acceptors (Lipinski definition) is 5. The van der Waals surface area contributed by atoms with Gasteiger partial charge in [-0.05, 0) is 30.0 Å². The molecule has 0 bridgehead atoms. The van der Waals surface area contributed by atoms with Crippen molar-refractivity contribution in [2.45, 2.75) is 4.34 Å². The number of ketones is 1. The Morgan fingerprint density at radius 1 is 0.769 bits per heavy atom. The quantitative estimate of drug-likeness (QED) is 0.351. The van der Waals surface area contributed by atoms with Crippen LogP contribution in [-0.2, 0) is 0 Å². The van der Waals surface area contributed by atoms with Gasteiger partial charge < -0.3 is 0 Å².